The van der Waals surface area contributed by atoms with E-state index in [1.54, 1.807) is 42.7 Å². The summed E-state index contributed by atoms with van der Waals surface area (Å²) in [6, 6.07) is 12.1. The standard InChI is InChI=1S/C23H18F2N4O/c24-17-7-5-15(6-8-17)16-13-20(29-14-16)22-18(3-1-4-19(22)25)23(30)28-12-9-21-26-10-2-11-27-21/h1-8,10-11,13H,9,12,14H2,(H,28,30). The third kappa shape index (κ3) is 4.30. The molecule has 1 amide bonds. The second-order valence-electron chi connectivity index (χ2n) is 6.71. The van der Waals surface area contributed by atoms with Crippen LogP contribution >= 0.6 is 0 Å². The first-order valence-electron chi connectivity index (χ1n) is 9.46. The molecule has 0 unspecified atom stereocenters. The molecule has 0 atom stereocenters. The minimum Gasteiger partial charge on any atom is -0.352 e. The van der Waals surface area contributed by atoms with E-state index in [-0.39, 0.29) is 16.9 Å². The molecule has 0 aliphatic carbocycles. The van der Waals surface area contributed by atoms with Crippen molar-refractivity contribution in [3.8, 4) is 0 Å². The Kier molecular flexibility index (Phi) is 5.70. The predicted molar refractivity (Wildman–Crippen MR) is 110 cm³/mol. The molecule has 3 aromatic rings. The summed E-state index contributed by atoms with van der Waals surface area (Å²) in [5, 5.41) is 2.78. The van der Waals surface area contributed by atoms with Crippen LogP contribution in [0, 0.1) is 11.6 Å². The molecule has 2 heterocycles. The number of benzene rings is 2. The van der Waals surface area contributed by atoms with Crippen LogP contribution in [0.15, 0.2) is 72.0 Å². The number of hydrogen-bond donors (Lipinski definition) is 1. The Hall–Kier alpha value is -3.74. The summed E-state index contributed by atoms with van der Waals surface area (Å²) >= 11 is 0. The lowest BCUT2D eigenvalue weighted by atomic mass is 9.99. The van der Waals surface area contributed by atoms with E-state index in [1.165, 1.54) is 24.3 Å². The first-order valence-corrected chi connectivity index (χ1v) is 9.46. The molecule has 1 N–H and O–H groups in total. The second-order valence-corrected chi connectivity index (χ2v) is 6.71. The minimum atomic E-state index is -0.524. The van der Waals surface area contributed by atoms with Gasteiger partial charge in [0.05, 0.1) is 17.8 Å². The lowest BCUT2D eigenvalue weighted by Crippen LogP contribution is -2.28. The number of hydrogen-bond acceptors (Lipinski definition) is 4. The van der Waals surface area contributed by atoms with Crippen LogP contribution in [-0.2, 0) is 6.42 Å². The lowest BCUT2D eigenvalue weighted by molar-refractivity contribution is 0.0953. The van der Waals surface area contributed by atoms with Crippen molar-refractivity contribution in [3.05, 3.63) is 101 Å². The Labute approximate surface area is 172 Å². The van der Waals surface area contributed by atoms with E-state index in [2.05, 4.69) is 20.3 Å². The number of nitrogens with one attached hydrogen (secondary N) is 1. The molecule has 150 valence electrons. The summed E-state index contributed by atoms with van der Waals surface area (Å²) in [4.78, 5) is 25.4. The van der Waals surface area contributed by atoms with Crippen LogP contribution in [0.3, 0.4) is 0 Å². The highest BCUT2D eigenvalue weighted by Gasteiger charge is 2.21. The van der Waals surface area contributed by atoms with Gasteiger partial charge in [-0.15, -0.1) is 0 Å². The minimum absolute atomic E-state index is 0.156. The fraction of sp³-hybridized carbons (Fsp3) is 0.130. The number of aliphatic imine (C=N–C) groups is 1. The zero-order chi connectivity index (χ0) is 20.9. The number of halogens is 2. The summed E-state index contributed by atoms with van der Waals surface area (Å²) in [6.45, 7) is 0.656. The van der Waals surface area contributed by atoms with E-state index in [1.807, 2.05) is 0 Å². The van der Waals surface area contributed by atoms with Crippen molar-refractivity contribution in [3.63, 3.8) is 0 Å². The Morgan fingerprint density at radius 3 is 2.53 bits per heavy atom. The summed E-state index contributed by atoms with van der Waals surface area (Å²) in [5.74, 6) is -0.632. The van der Waals surface area contributed by atoms with Gasteiger partial charge in [0.1, 0.15) is 17.5 Å². The van der Waals surface area contributed by atoms with Crippen LogP contribution in [0.1, 0.15) is 27.3 Å². The molecule has 30 heavy (non-hydrogen) atoms. The maximum Gasteiger partial charge on any atom is 0.252 e. The number of amides is 1. The third-order valence-electron chi connectivity index (χ3n) is 4.71. The monoisotopic (exact) mass is 404 g/mol. The van der Waals surface area contributed by atoms with Crippen molar-refractivity contribution in [1.82, 2.24) is 15.3 Å². The fourth-order valence-corrected chi connectivity index (χ4v) is 3.23. The molecule has 7 heteroatoms. The zero-order valence-corrected chi connectivity index (χ0v) is 16.0. The average Bonchev–Trinajstić information content (AvgIpc) is 3.24. The molecule has 4 rings (SSSR count). The van der Waals surface area contributed by atoms with Crippen molar-refractivity contribution in [2.45, 2.75) is 6.42 Å². The second kappa shape index (κ2) is 8.73. The summed E-state index contributed by atoms with van der Waals surface area (Å²) in [5.41, 5.74) is 2.40. The van der Waals surface area contributed by atoms with Gasteiger partial charge in [0, 0.05) is 30.9 Å². The van der Waals surface area contributed by atoms with Crippen LogP contribution < -0.4 is 5.32 Å². The van der Waals surface area contributed by atoms with Crippen molar-refractivity contribution in [2.75, 3.05) is 13.1 Å². The van der Waals surface area contributed by atoms with E-state index < -0.39 is 11.7 Å². The van der Waals surface area contributed by atoms with Gasteiger partial charge in [-0.05, 0) is 47.5 Å². The number of allylic oxidation sites excluding steroid dienone is 1. The van der Waals surface area contributed by atoms with Gasteiger partial charge in [-0.3, -0.25) is 9.79 Å². The van der Waals surface area contributed by atoms with Crippen LogP contribution in [-0.4, -0.2) is 34.7 Å². The van der Waals surface area contributed by atoms with E-state index in [4.69, 9.17) is 0 Å². The van der Waals surface area contributed by atoms with Gasteiger partial charge in [-0.25, -0.2) is 18.7 Å². The molecule has 0 saturated heterocycles. The van der Waals surface area contributed by atoms with Gasteiger partial charge in [0.25, 0.3) is 5.91 Å². The van der Waals surface area contributed by atoms with E-state index in [9.17, 15) is 13.6 Å². The Morgan fingerprint density at radius 2 is 1.77 bits per heavy atom. The first-order chi connectivity index (χ1) is 14.6. The molecule has 5 nitrogen and oxygen atoms in total. The van der Waals surface area contributed by atoms with Gasteiger partial charge in [-0.2, -0.15) is 0 Å². The molecule has 0 fully saturated rings. The van der Waals surface area contributed by atoms with Crippen LogP contribution in [0.5, 0.6) is 0 Å². The highest BCUT2D eigenvalue weighted by atomic mass is 19.1. The molecule has 0 radical (unpaired) electrons. The molecule has 0 bridgehead atoms. The van der Waals surface area contributed by atoms with Crippen molar-refractivity contribution in [1.29, 1.82) is 0 Å². The fourth-order valence-electron chi connectivity index (χ4n) is 3.23. The summed E-state index contributed by atoms with van der Waals surface area (Å²) in [7, 11) is 0. The number of rotatable bonds is 6. The number of nitrogens with zero attached hydrogens (tertiary/aromatic N) is 3. The SMILES string of the molecule is O=C(NCCc1ncccn1)c1cccc(F)c1C1=NCC(c2ccc(F)cc2)=C1. The topological polar surface area (TPSA) is 67.2 Å². The van der Waals surface area contributed by atoms with Crippen molar-refractivity contribution >= 4 is 17.2 Å². The van der Waals surface area contributed by atoms with Crippen LogP contribution in [0.2, 0.25) is 0 Å². The summed E-state index contributed by atoms with van der Waals surface area (Å²) < 4.78 is 27.8. The van der Waals surface area contributed by atoms with Gasteiger partial charge in [0.15, 0.2) is 0 Å². The highest BCUT2D eigenvalue weighted by molar-refractivity contribution is 6.19. The normalized spacial score (nSPS) is 13.0. The van der Waals surface area contributed by atoms with Crippen LogP contribution in [0.4, 0.5) is 8.78 Å². The molecule has 2 aromatic carbocycles. The molecule has 1 aliphatic heterocycles. The van der Waals surface area contributed by atoms with Gasteiger partial charge in [-0.1, -0.05) is 18.2 Å². The van der Waals surface area contributed by atoms with Crippen molar-refractivity contribution in [2.24, 2.45) is 4.99 Å². The largest absolute Gasteiger partial charge is 0.352 e. The first kappa shape index (κ1) is 19.6. The zero-order valence-electron chi connectivity index (χ0n) is 16.0. The Morgan fingerprint density at radius 1 is 1.00 bits per heavy atom. The molecule has 1 aromatic heterocycles. The quantitative estimate of drug-likeness (QED) is 0.683. The van der Waals surface area contributed by atoms with Gasteiger partial charge < -0.3 is 5.32 Å². The lowest BCUT2D eigenvalue weighted by Gasteiger charge is -2.10. The van der Waals surface area contributed by atoms with Gasteiger partial charge in [0.2, 0.25) is 0 Å². The molecule has 0 spiro atoms. The maximum atomic E-state index is 14.7. The van der Waals surface area contributed by atoms with Gasteiger partial charge >= 0.3 is 0 Å². The Bertz CT molecular complexity index is 1130. The van der Waals surface area contributed by atoms with E-state index in [0.29, 0.717) is 31.0 Å². The Balaban J connectivity index is 1.53. The molecule has 1 aliphatic rings. The maximum absolute atomic E-state index is 14.7. The predicted octanol–water partition coefficient (Wildman–Crippen LogP) is 3.61. The third-order valence-corrected chi connectivity index (χ3v) is 4.71. The number of aromatic nitrogens is 2. The van der Waals surface area contributed by atoms with E-state index in [0.717, 1.165) is 11.1 Å². The highest BCUT2D eigenvalue weighted by Crippen LogP contribution is 2.25. The number of carbonyl (C=O) groups is 1. The molecular weight excluding hydrogens is 386 g/mol. The average molecular weight is 404 g/mol. The summed E-state index contributed by atoms with van der Waals surface area (Å²) in [6.07, 6.45) is 5.48. The molecular formula is C23H18F2N4O. The van der Waals surface area contributed by atoms with E-state index >= 15 is 0 Å². The van der Waals surface area contributed by atoms with Crippen molar-refractivity contribution < 1.29 is 13.6 Å². The molecule has 0 saturated carbocycles. The number of carbonyl (C=O) groups excluding carboxylic acids is 1. The van der Waals surface area contributed by atoms with Crippen LogP contribution in [0.25, 0.3) is 5.57 Å². The smallest absolute Gasteiger partial charge is 0.252 e.